The molecule has 0 fully saturated rings. The molecule has 48 valence electrons. The van der Waals surface area contributed by atoms with Crippen LogP contribution in [-0.2, 0) is 0 Å². The highest BCUT2D eigenvalue weighted by molar-refractivity contribution is 14.1. The van der Waals surface area contributed by atoms with Gasteiger partial charge in [-0.05, 0) is 38.5 Å². The molecule has 0 bridgehead atoms. The van der Waals surface area contributed by atoms with Crippen molar-refractivity contribution < 1.29 is 4.39 Å². The predicted octanol–water partition coefficient (Wildman–Crippen LogP) is 2.59. The molecule has 0 unspecified atom stereocenters. The molecule has 9 heavy (non-hydrogen) atoms. The molecule has 1 heterocycles. The molecular weight excluding hydrogens is 300 g/mol. The molecule has 1 rings (SSSR count). The topological polar surface area (TPSA) is 12.9 Å². The molecular formula is C5H2BrFIN. The molecule has 0 aliphatic heterocycles. The summed E-state index contributed by atoms with van der Waals surface area (Å²) in [6, 6.07) is 1.37. The van der Waals surface area contributed by atoms with Crippen molar-refractivity contribution in [3.63, 3.8) is 0 Å². The Kier molecular flexibility index (Phi) is 2.40. The average molecular weight is 302 g/mol. The highest BCUT2D eigenvalue weighted by atomic mass is 127. The van der Waals surface area contributed by atoms with E-state index in [1.165, 1.54) is 12.3 Å². The Hall–Kier alpha value is 0.290. The summed E-state index contributed by atoms with van der Waals surface area (Å²) < 4.78 is 13.6. The SMILES string of the molecule is Fc1cc(I)ncc1Br. The molecule has 1 aromatic heterocycles. The molecule has 1 nitrogen and oxygen atoms in total. The van der Waals surface area contributed by atoms with E-state index >= 15 is 0 Å². The smallest absolute Gasteiger partial charge is 0.141 e. The Morgan fingerprint density at radius 2 is 2.33 bits per heavy atom. The Bertz CT molecular complexity index is 228. The summed E-state index contributed by atoms with van der Waals surface area (Å²) >= 11 is 4.94. The zero-order chi connectivity index (χ0) is 6.85. The lowest BCUT2D eigenvalue weighted by Gasteiger charge is -1.91. The van der Waals surface area contributed by atoms with Gasteiger partial charge >= 0.3 is 0 Å². The Balaban J connectivity index is 3.17. The largest absolute Gasteiger partial charge is 0.249 e. The summed E-state index contributed by atoms with van der Waals surface area (Å²) in [6.45, 7) is 0. The third-order valence-corrected chi connectivity index (χ3v) is 1.95. The third kappa shape index (κ3) is 1.86. The first-order chi connectivity index (χ1) is 4.20. The van der Waals surface area contributed by atoms with Crippen molar-refractivity contribution in [2.45, 2.75) is 0 Å². The number of aromatic nitrogens is 1. The fourth-order valence-electron chi connectivity index (χ4n) is 0.391. The van der Waals surface area contributed by atoms with Crippen molar-refractivity contribution in [3.05, 3.63) is 26.3 Å². The Morgan fingerprint density at radius 1 is 1.67 bits per heavy atom. The minimum absolute atomic E-state index is 0.269. The Morgan fingerprint density at radius 3 is 2.78 bits per heavy atom. The van der Waals surface area contributed by atoms with E-state index in [9.17, 15) is 4.39 Å². The second kappa shape index (κ2) is 2.92. The van der Waals surface area contributed by atoms with Crippen LogP contribution in [0, 0.1) is 9.52 Å². The van der Waals surface area contributed by atoms with E-state index in [4.69, 9.17) is 0 Å². The van der Waals surface area contributed by atoms with Crippen LogP contribution in [0.2, 0.25) is 0 Å². The van der Waals surface area contributed by atoms with E-state index in [0.29, 0.717) is 8.17 Å². The molecule has 4 heteroatoms. The monoisotopic (exact) mass is 301 g/mol. The maximum atomic E-state index is 12.5. The van der Waals surface area contributed by atoms with Gasteiger partial charge in [0, 0.05) is 12.3 Å². The van der Waals surface area contributed by atoms with E-state index in [1.54, 1.807) is 0 Å². The molecule has 0 atom stereocenters. The number of halogens is 3. The van der Waals surface area contributed by atoms with Gasteiger partial charge in [-0.15, -0.1) is 0 Å². The van der Waals surface area contributed by atoms with Gasteiger partial charge in [0.1, 0.15) is 9.52 Å². The van der Waals surface area contributed by atoms with Gasteiger partial charge in [0.15, 0.2) is 0 Å². The zero-order valence-corrected chi connectivity index (χ0v) is 7.98. The second-order valence-corrected chi connectivity index (χ2v) is 3.38. The van der Waals surface area contributed by atoms with E-state index in [0.717, 1.165) is 0 Å². The van der Waals surface area contributed by atoms with Gasteiger partial charge in [-0.3, -0.25) is 0 Å². The number of hydrogen-bond donors (Lipinski definition) is 0. The van der Waals surface area contributed by atoms with Gasteiger partial charge < -0.3 is 0 Å². The van der Waals surface area contributed by atoms with Crippen LogP contribution in [-0.4, -0.2) is 4.98 Å². The van der Waals surface area contributed by atoms with Crippen LogP contribution in [0.4, 0.5) is 4.39 Å². The van der Waals surface area contributed by atoms with Gasteiger partial charge in [-0.2, -0.15) is 0 Å². The first kappa shape index (κ1) is 7.40. The molecule has 0 aliphatic carbocycles. The molecule has 0 N–H and O–H groups in total. The molecule has 0 aromatic carbocycles. The fraction of sp³-hybridized carbons (Fsp3) is 0. The van der Waals surface area contributed by atoms with E-state index in [2.05, 4.69) is 20.9 Å². The maximum Gasteiger partial charge on any atom is 0.141 e. The van der Waals surface area contributed by atoms with Crippen LogP contribution in [0.1, 0.15) is 0 Å². The highest BCUT2D eigenvalue weighted by Crippen LogP contribution is 2.14. The normalized spacial score (nSPS) is 9.67. The maximum absolute atomic E-state index is 12.5. The van der Waals surface area contributed by atoms with Crippen molar-refractivity contribution in [1.82, 2.24) is 4.98 Å². The lowest BCUT2D eigenvalue weighted by Crippen LogP contribution is -1.82. The summed E-state index contributed by atoms with van der Waals surface area (Å²) in [5.74, 6) is -0.269. The standard InChI is InChI=1S/C5H2BrFIN/c6-3-2-9-5(8)1-4(3)7/h1-2H. The van der Waals surface area contributed by atoms with E-state index in [-0.39, 0.29) is 5.82 Å². The van der Waals surface area contributed by atoms with Gasteiger partial charge in [-0.25, -0.2) is 9.37 Å². The minimum atomic E-state index is -0.269. The lowest BCUT2D eigenvalue weighted by atomic mass is 10.5. The summed E-state index contributed by atoms with van der Waals surface area (Å²) in [4.78, 5) is 3.84. The van der Waals surface area contributed by atoms with Crippen LogP contribution in [0.15, 0.2) is 16.7 Å². The van der Waals surface area contributed by atoms with Crippen molar-refractivity contribution >= 4 is 38.5 Å². The van der Waals surface area contributed by atoms with Gasteiger partial charge in [0.05, 0.1) is 4.47 Å². The quantitative estimate of drug-likeness (QED) is 0.530. The van der Waals surface area contributed by atoms with Gasteiger partial charge in [-0.1, -0.05) is 0 Å². The lowest BCUT2D eigenvalue weighted by molar-refractivity contribution is 0.617. The minimum Gasteiger partial charge on any atom is -0.249 e. The molecule has 0 amide bonds. The predicted molar refractivity (Wildman–Crippen MR) is 44.6 cm³/mol. The molecule has 0 aliphatic rings. The second-order valence-electron chi connectivity index (χ2n) is 1.42. The van der Waals surface area contributed by atoms with Crippen molar-refractivity contribution in [3.8, 4) is 0 Å². The number of nitrogens with zero attached hydrogens (tertiary/aromatic N) is 1. The summed E-state index contributed by atoms with van der Waals surface area (Å²) in [5, 5.41) is 0. The molecule has 0 radical (unpaired) electrons. The first-order valence-electron chi connectivity index (χ1n) is 2.16. The van der Waals surface area contributed by atoms with E-state index < -0.39 is 0 Å². The highest BCUT2D eigenvalue weighted by Gasteiger charge is 1.97. The van der Waals surface area contributed by atoms with Crippen molar-refractivity contribution in [2.75, 3.05) is 0 Å². The van der Waals surface area contributed by atoms with Crippen molar-refractivity contribution in [1.29, 1.82) is 0 Å². The van der Waals surface area contributed by atoms with Crippen LogP contribution in [0.25, 0.3) is 0 Å². The molecule has 0 spiro atoms. The zero-order valence-electron chi connectivity index (χ0n) is 4.24. The molecule has 1 aromatic rings. The number of hydrogen-bond acceptors (Lipinski definition) is 1. The van der Waals surface area contributed by atoms with Crippen LogP contribution in [0.3, 0.4) is 0 Å². The first-order valence-corrected chi connectivity index (χ1v) is 4.04. The van der Waals surface area contributed by atoms with Gasteiger partial charge in [0.2, 0.25) is 0 Å². The summed E-state index contributed by atoms with van der Waals surface area (Å²) in [5.41, 5.74) is 0. The number of pyridine rings is 1. The average Bonchev–Trinajstić information content (AvgIpc) is 1.80. The number of rotatable bonds is 0. The van der Waals surface area contributed by atoms with Crippen LogP contribution < -0.4 is 0 Å². The van der Waals surface area contributed by atoms with Crippen LogP contribution >= 0.6 is 38.5 Å². The molecule has 0 saturated carbocycles. The van der Waals surface area contributed by atoms with Gasteiger partial charge in [0.25, 0.3) is 0 Å². The fourth-order valence-corrected chi connectivity index (χ4v) is 1.02. The summed E-state index contributed by atoms with van der Waals surface area (Å²) in [6.07, 6.45) is 1.44. The molecule has 0 saturated heterocycles. The van der Waals surface area contributed by atoms with Crippen LogP contribution in [0.5, 0.6) is 0 Å². The Labute approximate surface area is 73.9 Å². The van der Waals surface area contributed by atoms with Crippen molar-refractivity contribution in [2.24, 2.45) is 0 Å². The third-order valence-electron chi connectivity index (χ3n) is 0.775. The summed E-state index contributed by atoms with van der Waals surface area (Å²) in [7, 11) is 0. The van der Waals surface area contributed by atoms with E-state index in [1.807, 2.05) is 22.6 Å².